The summed E-state index contributed by atoms with van der Waals surface area (Å²) in [5.74, 6) is 0. The van der Waals surface area contributed by atoms with Crippen LogP contribution in [0.15, 0.2) is 0 Å². The molecule has 0 amide bonds. The van der Waals surface area contributed by atoms with Gasteiger partial charge in [-0.05, 0) is 0 Å². The molecule has 0 radical (unpaired) electrons. The summed E-state index contributed by atoms with van der Waals surface area (Å²) in [5.41, 5.74) is 0. The third-order valence-electron chi connectivity index (χ3n) is 0.500. The Kier molecular flexibility index (Phi) is 202. The maximum absolute atomic E-state index is 9.50. The number of rotatable bonds is 1. The lowest BCUT2D eigenvalue weighted by molar-refractivity contribution is 0.636. The number of hydrogen-bond acceptors (Lipinski definition) is 0. The Morgan fingerprint density at radius 2 is 1.00 bits per heavy atom. The van der Waals surface area contributed by atoms with Gasteiger partial charge in [0.05, 0.1) is 7.18 Å². The van der Waals surface area contributed by atoms with Crippen molar-refractivity contribution in [2.24, 2.45) is 0 Å². The molecule has 0 aromatic carbocycles. The molecule has 0 saturated carbocycles. The van der Waals surface area contributed by atoms with Crippen molar-refractivity contribution in [1.82, 2.24) is 0 Å². The fourth-order valence-electron chi connectivity index (χ4n) is 0. The largest absolute Gasteiger partial charge is 0.255 e. The summed E-state index contributed by atoms with van der Waals surface area (Å²) >= 11 is 0. The van der Waals surface area contributed by atoms with Gasteiger partial charge in [-0.1, -0.05) is 41.5 Å². The predicted molar refractivity (Wildman–Crippen MR) is 41.1 cm³/mol. The van der Waals surface area contributed by atoms with Gasteiger partial charge in [-0.3, -0.25) is 4.39 Å². The zero-order valence-electron chi connectivity index (χ0n) is 4.79. The van der Waals surface area contributed by atoms with Crippen LogP contribution in [-0.2, 0) is 0 Å². The van der Waals surface area contributed by atoms with Gasteiger partial charge in [0.15, 0.2) is 0 Å². The summed E-state index contributed by atoms with van der Waals surface area (Å²) in [6, 6.07) is 0. The highest BCUT2D eigenvalue weighted by Gasteiger charge is 1.56. The van der Waals surface area contributed by atoms with Crippen LogP contribution in [0.5, 0.6) is 0 Å². The normalized spacial score (nSPS) is 4.50. The van der Waals surface area contributed by atoms with E-state index in [9.17, 15) is 4.39 Å². The zero-order chi connectivity index (χ0) is 5.41. The first-order valence-electron chi connectivity index (χ1n) is 2.29. The zero-order valence-corrected chi connectivity index (χ0v) is 4.79. The molecule has 0 spiro atoms. The highest BCUT2D eigenvalue weighted by molar-refractivity contribution is 4.12. The molecule has 8 heavy (non-hydrogen) atoms. The molecule has 0 atom stereocenters. The number of unbranched alkanes of at least 4 members (excludes halogenated alkanes) is 1. The van der Waals surface area contributed by atoms with Gasteiger partial charge in [-0.2, -0.15) is 0 Å². The van der Waals surface area contributed by atoms with Crippen molar-refractivity contribution in [3.63, 3.8) is 0 Å². The standard InChI is InChI=1S/C4H10.CH3F.2CH4/c1-3-4-2;1-2;;/h3-4H2,1-2H3;1H3;2*1H4. The van der Waals surface area contributed by atoms with Gasteiger partial charge in [0.2, 0.25) is 0 Å². The second kappa shape index (κ2) is 65.4. The van der Waals surface area contributed by atoms with Crippen molar-refractivity contribution < 1.29 is 4.39 Å². The lowest BCUT2D eigenvalue weighted by Crippen LogP contribution is -1.47. The maximum atomic E-state index is 9.50. The molecule has 0 saturated heterocycles. The highest BCUT2D eigenvalue weighted by atomic mass is 19.1. The van der Waals surface area contributed by atoms with E-state index in [0.29, 0.717) is 7.18 Å². The van der Waals surface area contributed by atoms with Gasteiger partial charge < -0.3 is 0 Å². The molecule has 1 heteroatoms. The molecule has 0 rings (SSSR count). The van der Waals surface area contributed by atoms with E-state index in [4.69, 9.17) is 0 Å². The lowest BCUT2D eigenvalue weighted by atomic mass is 10.4. The Hall–Kier alpha value is -0.0700. The van der Waals surface area contributed by atoms with Crippen molar-refractivity contribution in [3.8, 4) is 0 Å². The second-order valence-corrected chi connectivity index (χ2v) is 1.000. The summed E-state index contributed by atoms with van der Waals surface area (Å²) in [6.45, 7) is 4.36. The van der Waals surface area contributed by atoms with E-state index in [-0.39, 0.29) is 14.9 Å². The molecule has 0 aliphatic heterocycles. The minimum Gasteiger partial charge on any atom is -0.255 e. The summed E-state index contributed by atoms with van der Waals surface area (Å²) in [5, 5.41) is 0. The summed E-state index contributed by atoms with van der Waals surface area (Å²) in [4.78, 5) is 0. The molecule has 56 valence electrons. The fourth-order valence-corrected chi connectivity index (χ4v) is 0. The van der Waals surface area contributed by atoms with Crippen LogP contribution in [-0.4, -0.2) is 7.18 Å². The Labute approximate surface area is 54.1 Å². The molecule has 0 aliphatic carbocycles. The van der Waals surface area contributed by atoms with Crippen LogP contribution in [0.4, 0.5) is 4.39 Å². The van der Waals surface area contributed by atoms with E-state index in [1.165, 1.54) is 12.8 Å². The fraction of sp³-hybridized carbons (Fsp3) is 1.00. The number of hydrogen-bond donors (Lipinski definition) is 0. The van der Waals surface area contributed by atoms with Crippen LogP contribution >= 0.6 is 0 Å². The minimum atomic E-state index is 0. The van der Waals surface area contributed by atoms with Gasteiger partial charge in [-0.15, -0.1) is 0 Å². The van der Waals surface area contributed by atoms with Crippen LogP contribution in [0.1, 0.15) is 41.5 Å². The van der Waals surface area contributed by atoms with Crippen molar-refractivity contribution in [2.75, 3.05) is 7.18 Å². The topological polar surface area (TPSA) is 0 Å². The van der Waals surface area contributed by atoms with E-state index in [1.54, 1.807) is 0 Å². The lowest BCUT2D eigenvalue weighted by Gasteiger charge is -1.68. The van der Waals surface area contributed by atoms with Gasteiger partial charge in [0, 0.05) is 0 Å². The van der Waals surface area contributed by atoms with Crippen molar-refractivity contribution in [2.45, 2.75) is 41.5 Å². The number of alkyl halides is 1. The molecule has 0 fully saturated rings. The molecule has 0 unspecified atom stereocenters. The maximum Gasteiger partial charge on any atom is 0.0785 e. The van der Waals surface area contributed by atoms with Crippen LogP contribution in [0.3, 0.4) is 0 Å². The molecule has 0 heterocycles. The Balaban J connectivity index is -0.0000000183. The van der Waals surface area contributed by atoms with E-state index in [2.05, 4.69) is 13.8 Å². The average molecular weight is 124 g/mol. The quantitative estimate of drug-likeness (QED) is 0.500. The minimum absolute atomic E-state index is 0. The van der Waals surface area contributed by atoms with Crippen molar-refractivity contribution in [1.29, 1.82) is 0 Å². The molecule has 0 bridgehead atoms. The SMILES string of the molecule is C.C.CCCC.CF. The Morgan fingerprint density at radius 3 is 1.00 bits per heavy atom. The first-order valence-corrected chi connectivity index (χ1v) is 2.29. The first-order chi connectivity index (χ1) is 2.91. The highest BCUT2D eigenvalue weighted by Crippen LogP contribution is 1.76. The molecule has 0 aliphatic rings. The third-order valence-corrected chi connectivity index (χ3v) is 0.500. The predicted octanol–water partition coefficient (Wildman–Crippen LogP) is 3.66. The first kappa shape index (κ1) is 24.7. The smallest absolute Gasteiger partial charge is 0.0785 e. The van der Waals surface area contributed by atoms with E-state index in [0.717, 1.165) is 0 Å². The van der Waals surface area contributed by atoms with Crippen LogP contribution in [0.25, 0.3) is 0 Å². The van der Waals surface area contributed by atoms with Gasteiger partial charge in [-0.25, -0.2) is 0 Å². The van der Waals surface area contributed by atoms with E-state index >= 15 is 0 Å². The number of halogens is 1. The average Bonchev–Trinajstić information content (AvgIpc) is 1.72. The van der Waals surface area contributed by atoms with Gasteiger partial charge in [0.25, 0.3) is 0 Å². The van der Waals surface area contributed by atoms with Crippen molar-refractivity contribution >= 4 is 0 Å². The summed E-state index contributed by atoms with van der Waals surface area (Å²) in [7, 11) is 0.500. The van der Waals surface area contributed by atoms with Crippen LogP contribution < -0.4 is 0 Å². The van der Waals surface area contributed by atoms with Crippen LogP contribution in [0.2, 0.25) is 0 Å². The van der Waals surface area contributed by atoms with E-state index in [1.807, 2.05) is 0 Å². The van der Waals surface area contributed by atoms with Crippen molar-refractivity contribution in [3.05, 3.63) is 0 Å². The summed E-state index contributed by atoms with van der Waals surface area (Å²) < 4.78 is 9.50. The molecule has 0 aromatic rings. The third kappa shape index (κ3) is 167. The second-order valence-electron chi connectivity index (χ2n) is 1.000. The van der Waals surface area contributed by atoms with Gasteiger partial charge >= 0.3 is 0 Å². The van der Waals surface area contributed by atoms with Gasteiger partial charge in [0.1, 0.15) is 0 Å². The molecular weight excluding hydrogens is 103 g/mol. The van der Waals surface area contributed by atoms with Crippen LogP contribution in [0, 0.1) is 0 Å². The summed E-state index contributed by atoms with van der Waals surface area (Å²) in [6.07, 6.45) is 2.64. The molecule has 0 N–H and O–H groups in total. The monoisotopic (exact) mass is 124 g/mol. The molecule has 0 nitrogen and oxygen atoms in total. The Morgan fingerprint density at radius 1 is 0.875 bits per heavy atom. The molecule has 0 aromatic heterocycles. The van der Waals surface area contributed by atoms with E-state index < -0.39 is 0 Å². The molecular formula is C7H21F. The Bertz CT molecular complexity index is 6.35.